The van der Waals surface area contributed by atoms with Crippen LogP contribution in [0, 0.1) is 35.0 Å². The van der Waals surface area contributed by atoms with E-state index < -0.39 is 0 Å². The number of aliphatic imine (C=N–C) groups is 1. The molecule has 1 unspecified atom stereocenters. The zero-order valence-corrected chi connectivity index (χ0v) is 23.4. The molecule has 0 aromatic carbocycles. The van der Waals surface area contributed by atoms with Gasteiger partial charge in [-0.2, -0.15) is 5.26 Å². The predicted octanol–water partition coefficient (Wildman–Crippen LogP) is 4.20. The first-order chi connectivity index (χ1) is 19.0. The van der Waals surface area contributed by atoms with Crippen LogP contribution in [0.3, 0.4) is 0 Å². The number of amidine groups is 1. The summed E-state index contributed by atoms with van der Waals surface area (Å²) in [6.45, 7) is 9.95. The van der Waals surface area contributed by atoms with E-state index in [0.717, 1.165) is 87.6 Å². The number of hydrogen-bond donors (Lipinski definition) is 3. The summed E-state index contributed by atoms with van der Waals surface area (Å²) in [5, 5.41) is 26.5. The topological polar surface area (TPSA) is 99.8 Å². The summed E-state index contributed by atoms with van der Waals surface area (Å²) in [6.07, 6.45) is 17.7. The van der Waals surface area contributed by atoms with Gasteiger partial charge in [-0.15, -0.1) is 6.42 Å². The van der Waals surface area contributed by atoms with Gasteiger partial charge in [0.15, 0.2) is 0 Å². The smallest absolute Gasteiger partial charge is 0.131 e. The summed E-state index contributed by atoms with van der Waals surface area (Å²) < 4.78 is 5.56. The maximum atomic E-state index is 10.1. The van der Waals surface area contributed by atoms with Gasteiger partial charge in [-0.1, -0.05) is 25.5 Å². The Morgan fingerprint density at radius 3 is 2.82 bits per heavy atom. The Hall–Kier alpha value is -3.75. The lowest BCUT2D eigenvalue weighted by Crippen LogP contribution is -2.46. The van der Waals surface area contributed by atoms with Crippen molar-refractivity contribution in [3.63, 3.8) is 0 Å². The van der Waals surface area contributed by atoms with Gasteiger partial charge < -0.3 is 25.2 Å². The number of allylic oxidation sites excluding steroid dienone is 4. The van der Waals surface area contributed by atoms with Crippen molar-refractivity contribution in [1.82, 2.24) is 20.4 Å². The predicted molar refractivity (Wildman–Crippen MR) is 157 cm³/mol. The van der Waals surface area contributed by atoms with E-state index in [9.17, 15) is 10.7 Å². The van der Waals surface area contributed by atoms with E-state index in [1.807, 2.05) is 26.1 Å². The SMILES string of the molecule is C#CC(=N/C=C\CC)C1CC2=C(C=C1C#N)N(C(=N)C1=C(NC3CCOCC3)CCN(C(=C)NC)C1)CCC2. The van der Waals surface area contributed by atoms with Gasteiger partial charge in [0.2, 0.25) is 0 Å². The second-order valence-electron chi connectivity index (χ2n) is 10.4. The highest BCUT2D eigenvalue weighted by molar-refractivity contribution is 6.05. The van der Waals surface area contributed by atoms with Crippen molar-refractivity contribution >= 4 is 11.5 Å². The molecule has 0 aromatic rings. The summed E-state index contributed by atoms with van der Waals surface area (Å²) in [5.41, 5.74) is 5.54. The normalized spacial score (nSPS) is 22.7. The number of terminal acetylenes is 1. The molecule has 39 heavy (non-hydrogen) atoms. The van der Waals surface area contributed by atoms with E-state index in [2.05, 4.69) is 44.0 Å². The third-order valence-electron chi connectivity index (χ3n) is 7.96. The minimum atomic E-state index is -0.219. The number of hydrogen-bond acceptors (Lipinski definition) is 7. The summed E-state index contributed by atoms with van der Waals surface area (Å²) in [7, 11) is 1.88. The zero-order chi connectivity index (χ0) is 27.8. The molecular formula is C31H41N7O. The van der Waals surface area contributed by atoms with Crippen LogP contribution in [0.1, 0.15) is 51.9 Å². The fourth-order valence-electron chi connectivity index (χ4n) is 5.71. The Bertz CT molecular complexity index is 1200. The Balaban J connectivity index is 1.65. The lowest BCUT2D eigenvalue weighted by Gasteiger charge is -2.40. The Morgan fingerprint density at radius 2 is 2.13 bits per heavy atom. The van der Waals surface area contributed by atoms with Crippen LogP contribution in [0.15, 0.2) is 63.9 Å². The summed E-state index contributed by atoms with van der Waals surface area (Å²) in [4.78, 5) is 8.80. The molecule has 3 N–H and O–H groups in total. The minimum Gasteiger partial charge on any atom is -0.385 e. The van der Waals surface area contributed by atoms with Gasteiger partial charge in [0.25, 0.3) is 0 Å². The van der Waals surface area contributed by atoms with E-state index in [-0.39, 0.29) is 5.92 Å². The molecular weight excluding hydrogens is 486 g/mol. The quantitative estimate of drug-likeness (QED) is 0.249. The Morgan fingerprint density at radius 1 is 1.33 bits per heavy atom. The second-order valence-corrected chi connectivity index (χ2v) is 10.4. The molecule has 0 aromatic heterocycles. The van der Waals surface area contributed by atoms with Crippen LogP contribution in [0.4, 0.5) is 0 Å². The first kappa shape index (κ1) is 28.3. The number of nitrogens with one attached hydrogen (secondary N) is 3. The average Bonchev–Trinajstić information content (AvgIpc) is 2.98. The van der Waals surface area contributed by atoms with Gasteiger partial charge in [0, 0.05) is 87.0 Å². The first-order valence-corrected chi connectivity index (χ1v) is 14.1. The van der Waals surface area contributed by atoms with Crippen LogP contribution in [0.5, 0.6) is 0 Å². The number of ether oxygens (including phenoxy) is 1. The molecule has 0 radical (unpaired) electrons. The highest BCUT2D eigenvalue weighted by atomic mass is 16.5. The maximum Gasteiger partial charge on any atom is 0.131 e. The van der Waals surface area contributed by atoms with Crippen LogP contribution < -0.4 is 10.6 Å². The van der Waals surface area contributed by atoms with Crippen molar-refractivity contribution in [2.75, 3.05) is 39.9 Å². The van der Waals surface area contributed by atoms with Gasteiger partial charge in [0.1, 0.15) is 5.84 Å². The van der Waals surface area contributed by atoms with Gasteiger partial charge in [-0.25, -0.2) is 0 Å². The average molecular weight is 528 g/mol. The molecule has 3 heterocycles. The summed E-state index contributed by atoms with van der Waals surface area (Å²) in [6, 6.07) is 2.75. The minimum absolute atomic E-state index is 0.219. The molecule has 1 aliphatic carbocycles. The number of rotatable bonds is 8. The molecule has 3 aliphatic heterocycles. The second kappa shape index (κ2) is 13.4. The molecule has 1 atom stereocenters. The van der Waals surface area contributed by atoms with Crippen LogP contribution >= 0.6 is 0 Å². The first-order valence-electron chi connectivity index (χ1n) is 14.1. The van der Waals surface area contributed by atoms with Crippen LogP contribution in [-0.2, 0) is 4.74 Å². The fourth-order valence-corrected chi connectivity index (χ4v) is 5.71. The van der Waals surface area contributed by atoms with E-state index in [1.54, 1.807) is 6.20 Å². The van der Waals surface area contributed by atoms with E-state index in [0.29, 0.717) is 36.1 Å². The monoisotopic (exact) mass is 527 g/mol. The van der Waals surface area contributed by atoms with Crippen molar-refractivity contribution in [2.24, 2.45) is 10.9 Å². The van der Waals surface area contributed by atoms with Crippen molar-refractivity contribution in [1.29, 1.82) is 10.7 Å². The van der Waals surface area contributed by atoms with Gasteiger partial charge >= 0.3 is 0 Å². The van der Waals surface area contributed by atoms with Crippen molar-refractivity contribution in [3.8, 4) is 18.4 Å². The molecule has 0 bridgehead atoms. The number of nitrogens with zero attached hydrogens (tertiary/aromatic N) is 4. The lowest BCUT2D eigenvalue weighted by molar-refractivity contribution is 0.0798. The summed E-state index contributed by atoms with van der Waals surface area (Å²) in [5.74, 6) is 3.86. The molecule has 8 nitrogen and oxygen atoms in total. The Kier molecular flexibility index (Phi) is 9.68. The van der Waals surface area contributed by atoms with E-state index >= 15 is 0 Å². The molecule has 0 amide bonds. The third-order valence-corrected chi connectivity index (χ3v) is 7.96. The zero-order valence-electron chi connectivity index (χ0n) is 23.4. The molecule has 1 saturated heterocycles. The summed E-state index contributed by atoms with van der Waals surface area (Å²) >= 11 is 0. The van der Waals surface area contributed by atoms with Crippen molar-refractivity contribution < 1.29 is 4.74 Å². The molecule has 8 heteroatoms. The van der Waals surface area contributed by atoms with Crippen molar-refractivity contribution in [2.45, 2.75) is 57.9 Å². The van der Waals surface area contributed by atoms with E-state index in [1.165, 1.54) is 5.57 Å². The molecule has 206 valence electrons. The highest BCUT2D eigenvalue weighted by Gasteiger charge is 2.34. The molecule has 0 spiro atoms. The molecule has 4 aliphatic rings. The molecule has 0 saturated carbocycles. The standard InChI is InChI=1S/C31H41N7O/c1-5-7-13-35-28(6-2)26-18-23-9-8-14-38(30(23)19-24(26)20-32)31(33)27-21-37(22(3)34-4)15-10-29(27)36-25-11-16-39-17-12-25/h2,7,13,19,25-26,33-34,36H,3,5,8-12,14-18,21H2,1,4H3/b13-7-,33-31?,35-28?. The van der Waals surface area contributed by atoms with Crippen LogP contribution in [-0.4, -0.2) is 67.3 Å². The van der Waals surface area contributed by atoms with Gasteiger partial charge in [-0.3, -0.25) is 10.4 Å². The third kappa shape index (κ3) is 6.46. The molecule has 1 fully saturated rings. The van der Waals surface area contributed by atoms with Gasteiger partial charge in [-0.05, 0) is 50.2 Å². The maximum absolute atomic E-state index is 10.1. The van der Waals surface area contributed by atoms with Gasteiger partial charge in [0.05, 0.1) is 17.6 Å². The van der Waals surface area contributed by atoms with Crippen LogP contribution in [0.25, 0.3) is 0 Å². The number of nitriles is 1. The van der Waals surface area contributed by atoms with Crippen LogP contribution in [0.2, 0.25) is 0 Å². The lowest BCUT2D eigenvalue weighted by atomic mass is 9.80. The molecule has 4 rings (SSSR count). The fraction of sp³-hybridized carbons (Fsp3) is 0.516. The largest absolute Gasteiger partial charge is 0.385 e. The Labute approximate surface area is 233 Å². The highest BCUT2D eigenvalue weighted by Crippen LogP contribution is 2.38. The van der Waals surface area contributed by atoms with E-state index in [4.69, 9.17) is 11.2 Å². The van der Waals surface area contributed by atoms with Crippen molar-refractivity contribution in [3.05, 3.63) is 58.9 Å².